The summed E-state index contributed by atoms with van der Waals surface area (Å²) in [6.45, 7) is 0.655. The second-order valence-electron chi connectivity index (χ2n) is 4.52. The van der Waals surface area contributed by atoms with E-state index >= 15 is 0 Å². The van der Waals surface area contributed by atoms with Crippen LogP contribution in [0, 0.1) is 0 Å². The van der Waals surface area contributed by atoms with E-state index in [0.29, 0.717) is 34.3 Å². The lowest BCUT2D eigenvalue weighted by Gasteiger charge is -2.16. The lowest BCUT2D eigenvalue weighted by molar-refractivity contribution is 0.1000. The molecule has 0 aromatic carbocycles. The van der Waals surface area contributed by atoms with Crippen LogP contribution in [0.25, 0.3) is 17.3 Å². The Morgan fingerprint density at radius 3 is 2.85 bits per heavy atom. The van der Waals surface area contributed by atoms with Gasteiger partial charge >= 0.3 is 0 Å². The van der Waals surface area contributed by atoms with Gasteiger partial charge in [0.15, 0.2) is 0 Å². The lowest BCUT2D eigenvalue weighted by Crippen LogP contribution is -2.14. The fourth-order valence-electron chi connectivity index (χ4n) is 2.45. The Labute approximate surface area is 125 Å². The number of pyridine rings is 1. The third-order valence-electron chi connectivity index (χ3n) is 3.29. The smallest absolute Gasteiger partial charge is 0.252 e. The quantitative estimate of drug-likeness (QED) is 0.925. The van der Waals surface area contributed by atoms with Crippen molar-refractivity contribution >= 4 is 35.2 Å². The summed E-state index contributed by atoms with van der Waals surface area (Å²) in [5.41, 5.74) is 8.02. The molecule has 0 unspecified atom stereocenters. The first-order valence-electron chi connectivity index (χ1n) is 6.08. The Hall–Kier alpha value is -1.78. The number of aromatic nitrogens is 2. The van der Waals surface area contributed by atoms with Crippen LogP contribution in [0.15, 0.2) is 29.6 Å². The van der Waals surface area contributed by atoms with E-state index in [-0.39, 0.29) is 0 Å². The number of rotatable bonds is 2. The van der Waals surface area contributed by atoms with Crippen molar-refractivity contribution in [2.75, 3.05) is 0 Å². The van der Waals surface area contributed by atoms with Crippen LogP contribution in [0.3, 0.4) is 0 Å². The molecule has 6 heteroatoms. The SMILES string of the molecule is NC(=O)c1c(Cl)c(-c2cccnc2)n2c1C=C(Cl)CC2. The van der Waals surface area contributed by atoms with Gasteiger partial charge in [-0.25, -0.2) is 0 Å². The van der Waals surface area contributed by atoms with Crippen LogP contribution in [0.1, 0.15) is 22.5 Å². The van der Waals surface area contributed by atoms with Crippen molar-refractivity contribution in [2.24, 2.45) is 5.73 Å². The molecular weight excluding hydrogens is 297 g/mol. The van der Waals surface area contributed by atoms with Crippen molar-refractivity contribution in [3.05, 3.63) is 45.8 Å². The Balaban J connectivity index is 2.32. The van der Waals surface area contributed by atoms with Crippen LogP contribution in [0.5, 0.6) is 0 Å². The lowest BCUT2D eigenvalue weighted by atomic mass is 10.1. The third-order valence-corrected chi connectivity index (χ3v) is 3.96. The number of hydrogen-bond acceptors (Lipinski definition) is 2. The molecule has 0 aliphatic carbocycles. The molecule has 102 valence electrons. The molecule has 0 atom stereocenters. The van der Waals surface area contributed by atoms with Crippen molar-refractivity contribution in [3.63, 3.8) is 0 Å². The van der Waals surface area contributed by atoms with Crippen molar-refractivity contribution < 1.29 is 4.79 Å². The minimum absolute atomic E-state index is 0.309. The first kappa shape index (κ1) is 13.2. The molecule has 2 N–H and O–H groups in total. The standard InChI is InChI=1S/C14H11Cl2N3O/c15-9-3-5-19-10(6-9)11(14(17)20)12(16)13(19)8-2-1-4-18-7-8/h1-2,4,6-7H,3,5H2,(H2,17,20). The number of carbonyl (C=O) groups is 1. The van der Waals surface area contributed by atoms with Gasteiger partial charge in [-0.3, -0.25) is 9.78 Å². The summed E-state index contributed by atoms with van der Waals surface area (Å²) >= 11 is 12.4. The molecule has 1 amide bonds. The second kappa shape index (κ2) is 4.96. The van der Waals surface area contributed by atoms with Crippen molar-refractivity contribution in [3.8, 4) is 11.3 Å². The highest BCUT2D eigenvalue weighted by atomic mass is 35.5. The molecule has 2 aromatic rings. The number of allylic oxidation sites excluding steroid dienone is 1. The molecule has 3 rings (SSSR count). The summed E-state index contributed by atoms with van der Waals surface area (Å²) in [6.07, 6.45) is 5.84. The number of primary amides is 1. The van der Waals surface area contributed by atoms with Gasteiger partial charge < -0.3 is 10.3 Å². The number of hydrogen-bond donors (Lipinski definition) is 1. The van der Waals surface area contributed by atoms with Crippen LogP contribution in [-0.4, -0.2) is 15.5 Å². The Morgan fingerprint density at radius 1 is 1.40 bits per heavy atom. The zero-order valence-corrected chi connectivity index (χ0v) is 11.9. The van der Waals surface area contributed by atoms with Gasteiger partial charge in [0.2, 0.25) is 0 Å². The van der Waals surface area contributed by atoms with E-state index < -0.39 is 5.91 Å². The third kappa shape index (κ3) is 2.01. The summed E-state index contributed by atoms with van der Waals surface area (Å²) in [7, 11) is 0. The second-order valence-corrected chi connectivity index (χ2v) is 5.39. The fourth-order valence-corrected chi connectivity index (χ4v) is 3.03. The van der Waals surface area contributed by atoms with Gasteiger partial charge in [0.05, 0.1) is 22.0 Å². The molecule has 1 aliphatic rings. The number of nitrogens with two attached hydrogens (primary N) is 1. The molecule has 3 heterocycles. The van der Waals surface area contributed by atoms with Crippen LogP contribution in [0.2, 0.25) is 5.02 Å². The maximum absolute atomic E-state index is 11.7. The average Bonchev–Trinajstić information content (AvgIpc) is 2.71. The van der Waals surface area contributed by atoms with Gasteiger partial charge in [0, 0.05) is 36.0 Å². The Kier molecular flexibility index (Phi) is 3.28. The molecular formula is C14H11Cl2N3O. The highest BCUT2D eigenvalue weighted by molar-refractivity contribution is 6.37. The van der Waals surface area contributed by atoms with Gasteiger partial charge in [0.25, 0.3) is 5.91 Å². The first-order valence-corrected chi connectivity index (χ1v) is 6.83. The first-order chi connectivity index (χ1) is 9.59. The van der Waals surface area contributed by atoms with Crippen LogP contribution in [0.4, 0.5) is 0 Å². The Morgan fingerprint density at radius 2 is 2.20 bits per heavy atom. The topological polar surface area (TPSA) is 60.9 Å². The molecule has 0 saturated heterocycles. The largest absolute Gasteiger partial charge is 0.365 e. The molecule has 0 bridgehead atoms. The molecule has 20 heavy (non-hydrogen) atoms. The predicted molar refractivity (Wildman–Crippen MR) is 79.6 cm³/mol. The molecule has 0 spiro atoms. The van der Waals surface area contributed by atoms with Crippen molar-refractivity contribution in [2.45, 2.75) is 13.0 Å². The molecule has 1 aliphatic heterocycles. The predicted octanol–water partition coefficient (Wildman–Crippen LogP) is 3.29. The zero-order chi connectivity index (χ0) is 14.3. The number of fused-ring (bicyclic) bond motifs is 1. The summed E-state index contributed by atoms with van der Waals surface area (Å²) in [5, 5.41) is 1.04. The average molecular weight is 308 g/mol. The minimum atomic E-state index is -0.559. The normalized spacial score (nSPS) is 13.8. The highest BCUT2D eigenvalue weighted by Gasteiger charge is 2.26. The summed E-state index contributed by atoms with van der Waals surface area (Å²) in [5.74, 6) is -0.559. The van der Waals surface area contributed by atoms with Gasteiger partial charge in [-0.15, -0.1) is 0 Å². The summed E-state index contributed by atoms with van der Waals surface area (Å²) < 4.78 is 1.96. The van der Waals surface area contributed by atoms with Gasteiger partial charge in [-0.05, 0) is 18.2 Å². The van der Waals surface area contributed by atoms with Crippen LogP contribution in [-0.2, 0) is 6.54 Å². The number of nitrogens with zero attached hydrogens (tertiary/aromatic N) is 2. The number of carbonyl (C=O) groups excluding carboxylic acids is 1. The number of amides is 1. The maximum Gasteiger partial charge on any atom is 0.252 e. The van der Waals surface area contributed by atoms with Crippen LogP contribution >= 0.6 is 23.2 Å². The summed E-state index contributed by atoms with van der Waals surface area (Å²) in [6, 6.07) is 3.72. The van der Waals surface area contributed by atoms with Crippen LogP contribution < -0.4 is 5.73 Å². The number of halogens is 2. The van der Waals surface area contributed by atoms with Gasteiger partial charge in [0.1, 0.15) is 0 Å². The highest BCUT2D eigenvalue weighted by Crippen LogP contribution is 2.39. The van der Waals surface area contributed by atoms with Crippen molar-refractivity contribution in [1.29, 1.82) is 0 Å². The molecule has 0 fully saturated rings. The molecule has 4 nitrogen and oxygen atoms in total. The van der Waals surface area contributed by atoms with E-state index in [0.717, 1.165) is 11.3 Å². The molecule has 2 aromatic heterocycles. The molecule has 0 radical (unpaired) electrons. The maximum atomic E-state index is 11.7. The monoisotopic (exact) mass is 307 g/mol. The zero-order valence-electron chi connectivity index (χ0n) is 10.4. The van der Waals surface area contributed by atoms with E-state index in [2.05, 4.69) is 4.98 Å². The van der Waals surface area contributed by atoms with E-state index in [4.69, 9.17) is 28.9 Å². The van der Waals surface area contributed by atoms with Gasteiger partial charge in [-0.2, -0.15) is 0 Å². The van der Waals surface area contributed by atoms with E-state index in [1.165, 1.54) is 0 Å². The molecule has 0 saturated carbocycles. The van der Waals surface area contributed by atoms with E-state index in [1.807, 2.05) is 16.7 Å². The van der Waals surface area contributed by atoms with E-state index in [1.54, 1.807) is 18.5 Å². The fraction of sp³-hybridized carbons (Fsp3) is 0.143. The van der Waals surface area contributed by atoms with Gasteiger partial charge in [-0.1, -0.05) is 23.2 Å². The summed E-state index contributed by atoms with van der Waals surface area (Å²) in [4.78, 5) is 15.8. The minimum Gasteiger partial charge on any atom is -0.365 e. The van der Waals surface area contributed by atoms with E-state index in [9.17, 15) is 4.79 Å². The van der Waals surface area contributed by atoms with Crippen molar-refractivity contribution in [1.82, 2.24) is 9.55 Å². The Bertz CT molecular complexity index is 720.